The first kappa shape index (κ1) is 19.1. The van der Waals surface area contributed by atoms with Crippen molar-refractivity contribution in [2.45, 2.75) is 53.0 Å². The van der Waals surface area contributed by atoms with Crippen LogP contribution in [0.15, 0.2) is 29.6 Å². The molecule has 1 aromatic heterocycles. The third-order valence-electron chi connectivity index (χ3n) is 6.50. The van der Waals surface area contributed by atoms with E-state index in [1.54, 1.807) is 11.3 Å². The Morgan fingerprint density at radius 3 is 2.69 bits per heavy atom. The van der Waals surface area contributed by atoms with Gasteiger partial charge in [-0.05, 0) is 42.1 Å². The Morgan fingerprint density at radius 1 is 1.27 bits per heavy atom. The van der Waals surface area contributed by atoms with Gasteiger partial charge in [0.2, 0.25) is 0 Å². The Labute approximate surface area is 160 Å². The minimum absolute atomic E-state index is 0.00880. The molecule has 3 nitrogen and oxygen atoms in total. The highest BCUT2D eigenvalue weighted by Gasteiger charge is 2.57. The molecule has 1 N–H and O–H groups in total. The van der Waals surface area contributed by atoms with Crippen LogP contribution in [-0.4, -0.2) is 18.2 Å². The molecular formula is C22H29NO2S. The van der Waals surface area contributed by atoms with E-state index in [-0.39, 0.29) is 23.3 Å². The lowest BCUT2D eigenvalue weighted by Crippen LogP contribution is -2.63. The van der Waals surface area contributed by atoms with Crippen LogP contribution in [0.4, 0.5) is 0 Å². The van der Waals surface area contributed by atoms with Gasteiger partial charge in [0.15, 0.2) is 0 Å². The van der Waals surface area contributed by atoms with Crippen LogP contribution < -0.4 is 5.32 Å². The summed E-state index contributed by atoms with van der Waals surface area (Å²) in [5, 5.41) is 6.27. The van der Waals surface area contributed by atoms with Gasteiger partial charge < -0.3 is 10.1 Å². The molecular weight excluding hydrogens is 342 g/mol. The fourth-order valence-corrected chi connectivity index (χ4v) is 5.81. The molecule has 2 bridgehead atoms. The summed E-state index contributed by atoms with van der Waals surface area (Å²) in [4.78, 5) is 24.0. The summed E-state index contributed by atoms with van der Waals surface area (Å²) in [6.07, 6.45) is 3.80. The first-order chi connectivity index (χ1) is 12.5. The molecule has 2 aromatic rings. The van der Waals surface area contributed by atoms with Crippen LogP contribution >= 0.6 is 11.3 Å². The predicted octanol–water partition coefficient (Wildman–Crippen LogP) is 5.30. The smallest absolute Gasteiger partial charge is 0.252 e. The van der Waals surface area contributed by atoms with E-state index < -0.39 is 0 Å². The number of carbonyl (C=O) groups is 2. The van der Waals surface area contributed by atoms with E-state index in [1.807, 2.05) is 43.5 Å². The summed E-state index contributed by atoms with van der Waals surface area (Å²) in [7, 11) is 0. The Morgan fingerprint density at radius 2 is 2.00 bits per heavy atom. The van der Waals surface area contributed by atoms with E-state index in [0.717, 1.165) is 28.4 Å². The zero-order valence-electron chi connectivity index (χ0n) is 16.1. The predicted molar refractivity (Wildman–Crippen MR) is 109 cm³/mol. The molecule has 0 aliphatic heterocycles. The van der Waals surface area contributed by atoms with Gasteiger partial charge in [0, 0.05) is 27.9 Å². The number of aldehydes is 1. The Bertz CT molecular complexity index is 794. The van der Waals surface area contributed by atoms with Crippen LogP contribution in [0.1, 0.15) is 57.3 Å². The Balaban J connectivity index is 0.000000948. The SMILES string of the molecule is CC.CC1(C)C2C[C@@H]1C[C@H](CC=O)[C@H]2NC(=O)c1csc2ccccc12. The maximum atomic E-state index is 12.9. The normalized spacial score (nSPS) is 28.5. The van der Waals surface area contributed by atoms with Gasteiger partial charge in [-0.15, -0.1) is 11.3 Å². The lowest BCUT2D eigenvalue weighted by Gasteiger charge is -2.62. The quantitative estimate of drug-likeness (QED) is 0.742. The number of fused-ring (bicyclic) bond motifs is 3. The number of thiophene rings is 1. The maximum absolute atomic E-state index is 12.9. The average molecular weight is 372 g/mol. The molecule has 1 heterocycles. The van der Waals surface area contributed by atoms with Gasteiger partial charge in [-0.1, -0.05) is 45.9 Å². The topological polar surface area (TPSA) is 46.2 Å². The highest BCUT2D eigenvalue weighted by Crippen LogP contribution is 2.61. The van der Waals surface area contributed by atoms with Gasteiger partial charge in [-0.25, -0.2) is 0 Å². The van der Waals surface area contributed by atoms with Crippen molar-refractivity contribution in [1.82, 2.24) is 5.32 Å². The largest absolute Gasteiger partial charge is 0.349 e. The Hall–Kier alpha value is -1.68. The van der Waals surface area contributed by atoms with Crippen LogP contribution in [-0.2, 0) is 4.79 Å². The van der Waals surface area contributed by atoms with Gasteiger partial charge >= 0.3 is 0 Å². The molecule has 140 valence electrons. The zero-order chi connectivity index (χ0) is 18.9. The molecule has 4 heteroatoms. The second-order valence-corrected chi connectivity index (χ2v) is 8.81. The number of nitrogens with one attached hydrogen (secondary N) is 1. The molecule has 0 radical (unpaired) electrons. The zero-order valence-corrected chi connectivity index (χ0v) is 16.9. The molecule has 1 aromatic carbocycles. The van der Waals surface area contributed by atoms with Crippen molar-refractivity contribution in [2.75, 3.05) is 0 Å². The first-order valence-corrected chi connectivity index (χ1v) is 10.6. The van der Waals surface area contributed by atoms with Crippen molar-refractivity contribution >= 4 is 33.6 Å². The van der Waals surface area contributed by atoms with Gasteiger partial charge in [-0.3, -0.25) is 4.79 Å². The molecule has 4 atom stereocenters. The number of rotatable bonds is 4. The molecule has 3 fully saturated rings. The number of benzene rings is 1. The van der Waals surface area contributed by atoms with Crippen molar-refractivity contribution in [3.05, 3.63) is 35.2 Å². The minimum Gasteiger partial charge on any atom is -0.349 e. The number of carbonyl (C=O) groups excluding carboxylic acids is 2. The Kier molecular flexibility index (Phi) is 5.52. The van der Waals surface area contributed by atoms with Crippen molar-refractivity contribution in [3.8, 4) is 0 Å². The molecule has 3 saturated carbocycles. The van der Waals surface area contributed by atoms with Gasteiger partial charge in [-0.2, -0.15) is 0 Å². The van der Waals surface area contributed by atoms with Crippen LogP contribution in [0, 0.1) is 23.2 Å². The first-order valence-electron chi connectivity index (χ1n) is 9.73. The number of hydrogen-bond acceptors (Lipinski definition) is 3. The highest BCUT2D eigenvalue weighted by molar-refractivity contribution is 7.17. The van der Waals surface area contributed by atoms with E-state index in [4.69, 9.17) is 0 Å². The summed E-state index contributed by atoms with van der Waals surface area (Å²) in [5.74, 6) is 1.47. The van der Waals surface area contributed by atoms with Crippen LogP contribution in [0.25, 0.3) is 10.1 Å². The molecule has 5 rings (SSSR count). The number of hydrogen-bond donors (Lipinski definition) is 1. The number of amides is 1. The molecule has 1 unspecified atom stereocenters. The van der Waals surface area contributed by atoms with Crippen LogP contribution in [0.3, 0.4) is 0 Å². The van der Waals surface area contributed by atoms with E-state index in [1.165, 1.54) is 6.42 Å². The van der Waals surface area contributed by atoms with Crippen molar-refractivity contribution in [2.24, 2.45) is 23.2 Å². The van der Waals surface area contributed by atoms with E-state index in [9.17, 15) is 9.59 Å². The molecule has 26 heavy (non-hydrogen) atoms. The standard InChI is InChI=1S/C20H23NO2S.C2H6/c1-20(2)13-9-12(7-8-22)18(16(20)10-13)21-19(23)15-11-24-17-6-4-3-5-14(15)17;1-2/h3-6,8,11-13,16,18H,7,9-10H2,1-2H3,(H,21,23);1-2H3/t12-,13-,16?,18+;/m0./s1. The van der Waals surface area contributed by atoms with Crippen LogP contribution in [0.5, 0.6) is 0 Å². The molecule has 0 saturated heterocycles. The minimum atomic E-state index is 0.00880. The third-order valence-corrected chi connectivity index (χ3v) is 7.46. The molecule has 0 spiro atoms. The second-order valence-electron chi connectivity index (χ2n) is 7.90. The molecule has 3 aliphatic rings. The van der Waals surface area contributed by atoms with E-state index in [2.05, 4.69) is 19.2 Å². The van der Waals surface area contributed by atoms with Gasteiger partial charge in [0.1, 0.15) is 6.29 Å². The van der Waals surface area contributed by atoms with Crippen molar-refractivity contribution in [3.63, 3.8) is 0 Å². The van der Waals surface area contributed by atoms with Crippen molar-refractivity contribution in [1.29, 1.82) is 0 Å². The average Bonchev–Trinajstić information content (AvgIpc) is 3.08. The summed E-state index contributed by atoms with van der Waals surface area (Å²) in [6.45, 7) is 8.62. The van der Waals surface area contributed by atoms with Gasteiger partial charge in [0.25, 0.3) is 5.91 Å². The summed E-state index contributed by atoms with van der Waals surface area (Å²) in [6, 6.07) is 8.14. The lowest BCUT2D eigenvalue weighted by molar-refractivity contribution is -0.123. The van der Waals surface area contributed by atoms with E-state index in [0.29, 0.717) is 18.3 Å². The van der Waals surface area contributed by atoms with Crippen molar-refractivity contribution < 1.29 is 9.59 Å². The maximum Gasteiger partial charge on any atom is 0.252 e. The summed E-state index contributed by atoms with van der Waals surface area (Å²) in [5.41, 5.74) is 1.04. The van der Waals surface area contributed by atoms with E-state index >= 15 is 0 Å². The molecule has 3 aliphatic carbocycles. The lowest BCUT2D eigenvalue weighted by atomic mass is 9.44. The fraction of sp³-hybridized carbons (Fsp3) is 0.545. The third kappa shape index (κ3) is 3.09. The van der Waals surface area contributed by atoms with Gasteiger partial charge in [0.05, 0.1) is 5.56 Å². The highest BCUT2D eigenvalue weighted by atomic mass is 32.1. The second kappa shape index (κ2) is 7.51. The summed E-state index contributed by atoms with van der Waals surface area (Å²) >= 11 is 1.61. The van der Waals surface area contributed by atoms with Crippen LogP contribution in [0.2, 0.25) is 0 Å². The molecule has 1 amide bonds. The monoisotopic (exact) mass is 371 g/mol. The fourth-order valence-electron chi connectivity index (χ4n) is 4.87. The summed E-state index contributed by atoms with van der Waals surface area (Å²) < 4.78 is 1.14.